The fourth-order valence-electron chi connectivity index (χ4n) is 3.97. The second-order valence-electron chi connectivity index (χ2n) is 7.66. The average Bonchev–Trinajstić information content (AvgIpc) is 3.28. The summed E-state index contributed by atoms with van der Waals surface area (Å²) in [6, 6.07) is 10.4. The number of benzene rings is 1. The van der Waals surface area contributed by atoms with Crippen LogP contribution >= 0.6 is 23.1 Å². The third kappa shape index (κ3) is 3.98. The monoisotopic (exact) mass is 414 g/mol. The molecule has 0 radical (unpaired) electrons. The quantitative estimate of drug-likeness (QED) is 0.746. The Kier molecular flexibility index (Phi) is 5.78. The SMILES string of the molecule is Cc1ccc(N2CC(C(=O)N3CCSC(c4cccs4)CC3)CC2=O)cc1C. The van der Waals surface area contributed by atoms with Crippen LogP contribution in [0.15, 0.2) is 35.7 Å². The summed E-state index contributed by atoms with van der Waals surface area (Å²) in [5.41, 5.74) is 3.29. The van der Waals surface area contributed by atoms with E-state index in [-0.39, 0.29) is 17.7 Å². The summed E-state index contributed by atoms with van der Waals surface area (Å²) in [6.45, 7) is 6.18. The van der Waals surface area contributed by atoms with Gasteiger partial charge in [0.25, 0.3) is 0 Å². The van der Waals surface area contributed by atoms with Crippen LogP contribution in [0.3, 0.4) is 0 Å². The number of thiophene rings is 1. The summed E-state index contributed by atoms with van der Waals surface area (Å²) in [7, 11) is 0. The molecule has 148 valence electrons. The van der Waals surface area contributed by atoms with E-state index in [1.807, 2.05) is 34.9 Å². The van der Waals surface area contributed by atoms with Gasteiger partial charge in [-0.2, -0.15) is 11.8 Å². The summed E-state index contributed by atoms with van der Waals surface area (Å²) in [4.78, 5) is 30.9. The molecule has 4 rings (SSSR count). The summed E-state index contributed by atoms with van der Waals surface area (Å²) < 4.78 is 0. The molecule has 3 heterocycles. The van der Waals surface area contributed by atoms with Gasteiger partial charge >= 0.3 is 0 Å². The van der Waals surface area contributed by atoms with Crippen molar-refractivity contribution in [2.24, 2.45) is 5.92 Å². The summed E-state index contributed by atoms with van der Waals surface area (Å²) in [5.74, 6) is 0.933. The maximum absolute atomic E-state index is 13.1. The zero-order chi connectivity index (χ0) is 19.7. The van der Waals surface area contributed by atoms with Crippen LogP contribution in [0.25, 0.3) is 0 Å². The zero-order valence-electron chi connectivity index (χ0n) is 16.4. The molecule has 2 unspecified atom stereocenters. The molecule has 1 aromatic carbocycles. The normalized spacial score (nSPS) is 23.1. The molecule has 0 spiro atoms. The van der Waals surface area contributed by atoms with Crippen LogP contribution in [0, 0.1) is 19.8 Å². The van der Waals surface area contributed by atoms with Gasteiger partial charge in [-0.05, 0) is 55.0 Å². The first-order valence-corrected chi connectivity index (χ1v) is 11.8. The van der Waals surface area contributed by atoms with Crippen molar-refractivity contribution in [3.05, 3.63) is 51.7 Å². The molecule has 2 aliphatic heterocycles. The van der Waals surface area contributed by atoms with E-state index in [0.29, 0.717) is 18.2 Å². The highest BCUT2D eigenvalue weighted by Crippen LogP contribution is 2.37. The highest BCUT2D eigenvalue weighted by atomic mass is 32.2. The van der Waals surface area contributed by atoms with Gasteiger partial charge in [0.15, 0.2) is 0 Å². The Labute approximate surface area is 174 Å². The van der Waals surface area contributed by atoms with E-state index in [9.17, 15) is 9.59 Å². The van der Waals surface area contributed by atoms with Crippen LogP contribution in [0.1, 0.15) is 34.1 Å². The van der Waals surface area contributed by atoms with Crippen LogP contribution in [-0.4, -0.2) is 42.1 Å². The summed E-state index contributed by atoms with van der Waals surface area (Å²) in [5, 5.41) is 2.60. The van der Waals surface area contributed by atoms with E-state index in [4.69, 9.17) is 0 Å². The van der Waals surface area contributed by atoms with Gasteiger partial charge in [0.05, 0.1) is 5.92 Å². The number of carbonyl (C=O) groups is 2. The van der Waals surface area contributed by atoms with Gasteiger partial charge in [0.2, 0.25) is 11.8 Å². The highest BCUT2D eigenvalue weighted by Gasteiger charge is 2.37. The largest absolute Gasteiger partial charge is 0.342 e. The first kappa shape index (κ1) is 19.5. The van der Waals surface area contributed by atoms with Gasteiger partial charge in [-0.1, -0.05) is 12.1 Å². The van der Waals surface area contributed by atoms with Gasteiger partial charge in [-0.25, -0.2) is 0 Å². The number of nitrogens with zero attached hydrogens (tertiary/aromatic N) is 2. The van der Waals surface area contributed by atoms with Crippen molar-refractivity contribution in [1.29, 1.82) is 0 Å². The standard InChI is InChI=1S/C22H26N2O2S2/c1-15-5-6-18(12-16(15)2)24-14-17(13-21(24)25)22(26)23-8-7-20(28-11-9-23)19-4-3-10-27-19/h3-6,10,12,17,20H,7-9,11,13-14H2,1-2H3. The van der Waals surface area contributed by atoms with E-state index in [1.165, 1.54) is 16.0 Å². The van der Waals surface area contributed by atoms with Crippen molar-refractivity contribution in [3.63, 3.8) is 0 Å². The number of hydrogen-bond donors (Lipinski definition) is 0. The van der Waals surface area contributed by atoms with E-state index < -0.39 is 0 Å². The van der Waals surface area contributed by atoms with Crippen LogP contribution in [-0.2, 0) is 9.59 Å². The van der Waals surface area contributed by atoms with Crippen LogP contribution in [0.5, 0.6) is 0 Å². The molecule has 2 atom stereocenters. The molecule has 1 aromatic heterocycles. The predicted octanol–water partition coefficient (Wildman–Crippen LogP) is 4.42. The second kappa shape index (κ2) is 8.29. The van der Waals surface area contributed by atoms with Gasteiger partial charge < -0.3 is 9.80 Å². The Hall–Kier alpha value is -1.79. The lowest BCUT2D eigenvalue weighted by molar-refractivity contribution is -0.135. The van der Waals surface area contributed by atoms with Crippen molar-refractivity contribution in [2.45, 2.75) is 31.9 Å². The minimum atomic E-state index is -0.225. The first-order chi connectivity index (χ1) is 13.5. The number of rotatable bonds is 3. The fourth-order valence-corrected chi connectivity index (χ4v) is 6.20. The minimum Gasteiger partial charge on any atom is -0.342 e. The zero-order valence-corrected chi connectivity index (χ0v) is 18.0. The molecule has 2 amide bonds. The average molecular weight is 415 g/mol. The molecule has 2 fully saturated rings. The molecule has 0 N–H and O–H groups in total. The Morgan fingerprint density at radius 2 is 2.00 bits per heavy atom. The van der Waals surface area contributed by atoms with Crippen LogP contribution < -0.4 is 4.90 Å². The lowest BCUT2D eigenvalue weighted by Gasteiger charge is -2.24. The van der Waals surface area contributed by atoms with Gasteiger partial charge in [0.1, 0.15) is 0 Å². The van der Waals surface area contributed by atoms with E-state index >= 15 is 0 Å². The fraction of sp³-hybridized carbons (Fsp3) is 0.455. The van der Waals surface area contributed by atoms with Gasteiger partial charge in [-0.15, -0.1) is 11.3 Å². The van der Waals surface area contributed by atoms with E-state index in [2.05, 4.69) is 31.4 Å². The third-order valence-corrected chi connectivity index (χ3v) is 8.24. The van der Waals surface area contributed by atoms with Crippen molar-refractivity contribution >= 4 is 40.6 Å². The van der Waals surface area contributed by atoms with Crippen molar-refractivity contribution in [2.75, 3.05) is 30.3 Å². The number of aryl methyl sites for hydroxylation is 2. The summed E-state index contributed by atoms with van der Waals surface area (Å²) in [6.07, 6.45) is 1.31. The Balaban J connectivity index is 1.41. The third-order valence-electron chi connectivity index (χ3n) is 5.79. The van der Waals surface area contributed by atoms with Gasteiger partial charge in [0, 0.05) is 47.6 Å². The predicted molar refractivity (Wildman–Crippen MR) is 117 cm³/mol. The lowest BCUT2D eigenvalue weighted by Crippen LogP contribution is -2.38. The Morgan fingerprint density at radius 1 is 1.14 bits per heavy atom. The number of anilines is 1. The smallest absolute Gasteiger partial charge is 0.228 e. The maximum Gasteiger partial charge on any atom is 0.228 e. The van der Waals surface area contributed by atoms with Crippen LogP contribution in [0.2, 0.25) is 0 Å². The molecule has 2 aromatic rings. The highest BCUT2D eigenvalue weighted by molar-refractivity contribution is 7.99. The number of carbonyl (C=O) groups excluding carboxylic acids is 2. The Bertz CT molecular complexity index is 865. The molecule has 2 saturated heterocycles. The minimum absolute atomic E-state index is 0.0577. The van der Waals surface area contributed by atoms with Crippen LogP contribution in [0.4, 0.5) is 5.69 Å². The van der Waals surface area contributed by atoms with E-state index in [0.717, 1.165) is 31.0 Å². The molecular formula is C22H26N2O2S2. The molecule has 4 nitrogen and oxygen atoms in total. The van der Waals surface area contributed by atoms with Gasteiger partial charge in [-0.3, -0.25) is 9.59 Å². The summed E-state index contributed by atoms with van der Waals surface area (Å²) >= 11 is 3.74. The number of amides is 2. The lowest BCUT2D eigenvalue weighted by atomic mass is 10.1. The molecular weight excluding hydrogens is 388 g/mol. The van der Waals surface area contributed by atoms with Crippen molar-refractivity contribution in [3.8, 4) is 0 Å². The maximum atomic E-state index is 13.1. The topological polar surface area (TPSA) is 40.6 Å². The van der Waals surface area contributed by atoms with Crippen molar-refractivity contribution < 1.29 is 9.59 Å². The van der Waals surface area contributed by atoms with E-state index in [1.54, 1.807) is 16.2 Å². The molecule has 0 aliphatic carbocycles. The Morgan fingerprint density at radius 3 is 2.75 bits per heavy atom. The molecule has 0 bridgehead atoms. The number of thioether (sulfide) groups is 1. The molecule has 2 aliphatic rings. The molecule has 28 heavy (non-hydrogen) atoms. The second-order valence-corrected chi connectivity index (χ2v) is 9.95. The first-order valence-electron chi connectivity index (χ1n) is 9.84. The van der Waals surface area contributed by atoms with Crippen molar-refractivity contribution in [1.82, 2.24) is 4.90 Å². The molecule has 6 heteroatoms. The molecule has 0 saturated carbocycles. The number of hydrogen-bond acceptors (Lipinski definition) is 4.